The van der Waals surface area contributed by atoms with Crippen LogP contribution in [0, 0.1) is 5.92 Å². The van der Waals surface area contributed by atoms with Crippen LogP contribution in [0.5, 0.6) is 17.2 Å². The van der Waals surface area contributed by atoms with Gasteiger partial charge in [0.2, 0.25) is 17.6 Å². The number of aromatic nitrogens is 2. The number of amides is 1. The summed E-state index contributed by atoms with van der Waals surface area (Å²) in [6.45, 7) is 4.19. The summed E-state index contributed by atoms with van der Waals surface area (Å²) in [4.78, 5) is 23.3. The molecule has 0 spiro atoms. The van der Waals surface area contributed by atoms with Gasteiger partial charge in [-0.1, -0.05) is 6.92 Å². The molecule has 1 aromatic carbocycles. The third kappa shape index (κ3) is 5.20. The Morgan fingerprint density at radius 2 is 1.67 bits per heavy atom. The molecule has 3 rings (SSSR count). The topological polar surface area (TPSA) is 85.8 Å². The minimum atomic E-state index is -0.285. The smallest absolute Gasteiger partial charge is 0.248 e. The van der Waals surface area contributed by atoms with Crippen LogP contribution in [0.3, 0.4) is 0 Å². The van der Waals surface area contributed by atoms with Crippen molar-refractivity contribution in [3.8, 4) is 17.2 Å². The van der Waals surface area contributed by atoms with Crippen molar-refractivity contribution in [1.82, 2.24) is 9.97 Å². The predicted molar refractivity (Wildman–Crippen MR) is 116 cm³/mol. The van der Waals surface area contributed by atoms with E-state index in [0.717, 1.165) is 37.4 Å². The first-order valence-corrected chi connectivity index (χ1v) is 9.90. The number of anilines is 2. The Morgan fingerprint density at radius 3 is 2.20 bits per heavy atom. The van der Waals surface area contributed by atoms with Crippen LogP contribution in [0.1, 0.15) is 25.3 Å². The highest BCUT2D eigenvalue weighted by atomic mass is 16.5. The van der Waals surface area contributed by atoms with Gasteiger partial charge in [0.1, 0.15) is 0 Å². The number of piperidine rings is 1. The number of carbonyl (C=O) groups excluding carboxylic acids is 1. The molecule has 30 heavy (non-hydrogen) atoms. The summed E-state index contributed by atoms with van der Waals surface area (Å²) in [6.07, 6.45) is 8.66. The third-order valence-electron chi connectivity index (χ3n) is 5.09. The van der Waals surface area contributed by atoms with E-state index in [0.29, 0.717) is 28.9 Å². The number of nitrogens with one attached hydrogen (secondary N) is 1. The van der Waals surface area contributed by atoms with E-state index in [9.17, 15) is 4.79 Å². The Morgan fingerprint density at radius 1 is 1.07 bits per heavy atom. The van der Waals surface area contributed by atoms with Gasteiger partial charge in [0.25, 0.3) is 0 Å². The molecule has 1 saturated heterocycles. The summed E-state index contributed by atoms with van der Waals surface area (Å²) in [6, 6.07) is 3.53. The quantitative estimate of drug-likeness (QED) is 0.698. The van der Waals surface area contributed by atoms with Crippen molar-refractivity contribution in [3.05, 3.63) is 36.2 Å². The van der Waals surface area contributed by atoms with Gasteiger partial charge < -0.3 is 24.4 Å². The summed E-state index contributed by atoms with van der Waals surface area (Å²) in [5.74, 6) is 2.71. The molecule has 1 aliphatic heterocycles. The molecule has 0 unspecified atom stereocenters. The normalized spacial score (nSPS) is 14.6. The Bertz CT molecular complexity index is 866. The number of benzene rings is 1. The number of nitrogens with zero attached hydrogens (tertiary/aromatic N) is 3. The Kier molecular flexibility index (Phi) is 7.11. The predicted octanol–water partition coefficient (Wildman–Crippen LogP) is 3.39. The molecule has 2 heterocycles. The molecular formula is C22H28N4O4. The maximum Gasteiger partial charge on any atom is 0.248 e. The van der Waals surface area contributed by atoms with E-state index >= 15 is 0 Å². The lowest BCUT2D eigenvalue weighted by Crippen LogP contribution is -2.34. The number of methoxy groups -OCH3 is 3. The van der Waals surface area contributed by atoms with Gasteiger partial charge >= 0.3 is 0 Å². The fourth-order valence-electron chi connectivity index (χ4n) is 3.31. The number of rotatable bonds is 7. The standard InChI is InChI=1S/C22H28N4O4/c1-15-7-9-26(10-8-15)22-23-13-17(14-24-22)25-20(27)6-5-16-11-18(28-2)21(30-4)19(12-16)29-3/h5-6,11-15H,7-10H2,1-4H3,(H,25,27)/b6-5+. The second-order valence-electron chi connectivity index (χ2n) is 7.22. The van der Waals surface area contributed by atoms with Crippen LogP contribution in [0.15, 0.2) is 30.6 Å². The average Bonchev–Trinajstić information content (AvgIpc) is 2.78. The first-order valence-electron chi connectivity index (χ1n) is 9.90. The average molecular weight is 412 g/mol. The van der Waals surface area contributed by atoms with Gasteiger partial charge in [-0.3, -0.25) is 4.79 Å². The molecule has 1 aromatic heterocycles. The van der Waals surface area contributed by atoms with Crippen molar-refractivity contribution in [2.75, 3.05) is 44.6 Å². The molecule has 1 aliphatic rings. The van der Waals surface area contributed by atoms with E-state index in [1.807, 2.05) is 0 Å². The zero-order valence-corrected chi connectivity index (χ0v) is 17.8. The molecule has 0 bridgehead atoms. The van der Waals surface area contributed by atoms with Crippen LogP contribution >= 0.6 is 0 Å². The highest BCUT2D eigenvalue weighted by Gasteiger charge is 2.18. The van der Waals surface area contributed by atoms with Crippen molar-refractivity contribution in [1.29, 1.82) is 0 Å². The van der Waals surface area contributed by atoms with Gasteiger partial charge in [0.15, 0.2) is 11.5 Å². The van der Waals surface area contributed by atoms with Gasteiger partial charge in [-0.05, 0) is 42.5 Å². The maximum absolute atomic E-state index is 12.3. The fraction of sp³-hybridized carbons (Fsp3) is 0.409. The van der Waals surface area contributed by atoms with Gasteiger partial charge in [0, 0.05) is 19.2 Å². The number of hydrogen-bond donors (Lipinski definition) is 1. The third-order valence-corrected chi connectivity index (χ3v) is 5.09. The molecule has 1 N–H and O–H groups in total. The number of ether oxygens (including phenoxy) is 3. The van der Waals surface area contributed by atoms with Crippen LogP contribution in [0.2, 0.25) is 0 Å². The monoisotopic (exact) mass is 412 g/mol. The molecule has 1 amide bonds. The molecule has 2 aromatic rings. The lowest BCUT2D eigenvalue weighted by Gasteiger charge is -2.30. The lowest BCUT2D eigenvalue weighted by atomic mass is 10.00. The zero-order chi connectivity index (χ0) is 21.5. The van der Waals surface area contributed by atoms with E-state index in [-0.39, 0.29) is 5.91 Å². The van der Waals surface area contributed by atoms with Crippen LogP contribution < -0.4 is 24.4 Å². The summed E-state index contributed by atoms with van der Waals surface area (Å²) in [7, 11) is 4.64. The van der Waals surface area contributed by atoms with Crippen molar-refractivity contribution in [2.45, 2.75) is 19.8 Å². The largest absolute Gasteiger partial charge is 0.493 e. The molecule has 0 radical (unpaired) electrons. The first kappa shape index (κ1) is 21.4. The summed E-state index contributed by atoms with van der Waals surface area (Å²) >= 11 is 0. The summed E-state index contributed by atoms with van der Waals surface area (Å²) in [5, 5.41) is 2.77. The highest BCUT2D eigenvalue weighted by Crippen LogP contribution is 2.38. The van der Waals surface area contributed by atoms with E-state index in [4.69, 9.17) is 14.2 Å². The molecule has 0 saturated carbocycles. The molecule has 8 nitrogen and oxygen atoms in total. The van der Waals surface area contributed by atoms with Crippen LogP contribution in [0.25, 0.3) is 6.08 Å². The van der Waals surface area contributed by atoms with Gasteiger partial charge in [-0.2, -0.15) is 0 Å². The number of carbonyl (C=O) groups is 1. The summed E-state index contributed by atoms with van der Waals surface area (Å²) in [5.41, 5.74) is 1.29. The number of hydrogen-bond acceptors (Lipinski definition) is 7. The second-order valence-corrected chi connectivity index (χ2v) is 7.22. The van der Waals surface area contributed by atoms with E-state index in [1.165, 1.54) is 6.08 Å². The molecule has 160 valence electrons. The van der Waals surface area contributed by atoms with E-state index in [1.54, 1.807) is 51.9 Å². The fourth-order valence-corrected chi connectivity index (χ4v) is 3.31. The van der Waals surface area contributed by atoms with E-state index < -0.39 is 0 Å². The molecule has 1 fully saturated rings. The van der Waals surface area contributed by atoms with Gasteiger partial charge in [-0.25, -0.2) is 9.97 Å². The van der Waals surface area contributed by atoms with Crippen LogP contribution in [-0.4, -0.2) is 50.3 Å². The van der Waals surface area contributed by atoms with Crippen molar-refractivity contribution < 1.29 is 19.0 Å². The highest BCUT2D eigenvalue weighted by molar-refractivity contribution is 6.01. The van der Waals surface area contributed by atoms with Gasteiger partial charge in [0.05, 0.1) is 39.4 Å². The van der Waals surface area contributed by atoms with Crippen molar-refractivity contribution in [2.24, 2.45) is 5.92 Å². The Hall–Kier alpha value is -3.29. The minimum absolute atomic E-state index is 0.285. The van der Waals surface area contributed by atoms with Gasteiger partial charge in [-0.15, -0.1) is 0 Å². The van der Waals surface area contributed by atoms with Crippen molar-refractivity contribution in [3.63, 3.8) is 0 Å². The lowest BCUT2D eigenvalue weighted by molar-refractivity contribution is -0.111. The second kappa shape index (κ2) is 9.96. The van der Waals surface area contributed by atoms with E-state index in [2.05, 4.69) is 27.1 Å². The SMILES string of the molecule is COc1cc(/C=C/C(=O)Nc2cnc(N3CCC(C)CC3)nc2)cc(OC)c1OC. The Balaban J connectivity index is 1.63. The molecular weight excluding hydrogens is 384 g/mol. The minimum Gasteiger partial charge on any atom is -0.493 e. The Labute approximate surface area is 176 Å². The molecule has 0 aliphatic carbocycles. The molecule has 8 heteroatoms. The zero-order valence-electron chi connectivity index (χ0n) is 17.8. The van der Waals surface area contributed by atoms with Crippen LogP contribution in [-0.2, 0) is 4.79 Å². The summed E-state index contributed by atoms with van der Waals surface area (Å²) < 4.78 is 16.0. The van der Waals surface area contributed by atoms with Crippen molar-refractivity contribution >= 4 is 23.6 Å². The first-order chi connectivity index (χ1) is 14.5. The van der Waals surface area contributed by atoms with Crippen LogP contribution in [0.4, 0.5) is 11.6 Å². The molecule has 0 atom stereocenters. The maximum atomic E-state index is 12.3.